The molecule has 4 fully saturated rings. The summed E-state index contributed by atoms with van der Waals surface area (Å²) in [6.07, 6.45) is 7.94. The molecule has 1 saturated heterocycles. The summed E-state index contributed by atoms with van der Waals surface area (Å²) in [6.45, 7) is 8.04. The van der Waals surface area contributed by atoms with Crippen molar-refractivity contribution < 1.29 is 23.8 Å². The molecule has 0 radical (unpaired) electrons. The molecule has 0 amide bonds. The minimum Gasteiger partial charge on any atom is -0.469 e. The third-order valence-corrected chi connectivity index (χ3v) is 9.23. The van der Waals surface area contributed by atoms with Gasteiger partial charge in [0, 0.05) is 17.8 Å². The number of hydrogen-bond donors (Lipinski definition) is 0. The fourth-order valence-corrected chi connectivity index (χ4v) is 7.51. The Labute approximate surface area is 168 Å². The largest absolute Gasteiger partial charge is 0.469 e. The molecule has 1 spiro atoms. The highest BCUT2D eigenvalue weighted by Gasteiger charge is 2.66. The lowest BCUT2D eigenvalue weighted by molar-refractivity contribution is -0.242. The molecular formula is C23H36O5. The Morgan fingerprint density at radius 1 is 1.04 bits per heavy atom. The maximum absolute atomic E-state index is 12.7. The van der Waals surface area contributed by atoms with Gasteiger partial charge in [-0.1, -0.05) is 27.2 Å². The van der Waals surface area contributed by atoms with Crippen molar-refractivity contribution in [1.82, 2.24) is 0 Å². The Bertz CT molecular complexity index is 626. The van der Waals surface area contributed by atoms with E-state index in [0.29, 0.717) is 19.1 Å². The standard InChI is InChI=1S/C23H36O5/c1-15-5-8-21(2,19(13-15)20(25)26-4)17-6-9-22(3)18(16(17)14-24)7-10-23(22)27-11-12-28-23/h14-19H,5-13H2,1-4H3/t15-,16+,17-,18?,19+,21+,22-/m0/s1. The zero-order valence-corrected chi connectivity index (χ0v) is 17.9. The summed E-state index contributed by atoms with van der Waals surface area (Å²) in [7, 11) is 1.49. The Morgan fingerprint density at radius 2 is 1.71 bits per heavy atom. The van der Waals surface area contributed by atoms with Crippen LogP contribution < -0.4 is 0 Å². The fourth-order valence-electron chi connectivity index (χ4n) is 7.51. The van der Waals surface area contributed by atoms with Crippen molar-refractivity contribution in [2.24, 2.45) is 40.4 Å². The third-order valence-electron chi connectivity index (χ3n) is 9.23. The number of esters is 1. The molecule has 0 aromatic rings. The van der Waals surface area contributed by atoms with E-state index in [4.69, 9.17) is 14.2 Å². The van der Waals surface area contributed by atoms with Crippen LogP contribution in [0.4, 0.5) is 0 Å². The minimum absolute atomic E-state index is 0.0449. The first kappa shape index (κ1) is 20.3. The Morgan fingerprint density at radius 3 is 2.36 bits per heavy atom. The molecule has 158 valence electrons. The summed E-state index contributed by atoms with van der Waals surface area (Å²) in [5, 5.41) is 0. The number of methoxy groups -OCH3 is 1. The molecule has 1 heterocycles. The predicted molar refractivity (Wildman–Crippen MR) is 104 cm³/mol. The van der Waals surface area contributed by atoms with E-state index in [0.717, 1.165) is 44.9 Å². The molecule has 5 nitrogen and oxygen atoms in total. The summed E-state index contributed by atoms with van der Waals surface area (Å²) in [4.78, 5) is 25.2. The topological polar surface area (TPSA) is 61.8 Å². The van der Waals surface area contributed by atoms with Gasteiger partial charge in [-0.2, -0.15) is 0 Å². The number of aldehydes is 1. The second kappa shape index (κ2) is 7.09. The normalized spacial score (nSPS) is 47.6. The zero-order chi connectivity index (χ0) is 20.2. The van der Waals surface area contributed by atoms with Gasteiger partial charge in [-0.05, 0) is 55.3 Å². The van der Waals surface area contributed by atoms with E-state index < -0.39 is 5.79 Å². The zero-order valence-electron chi connectivity index (χ0n) is 17.9. The van der Waals surface area contributed by atoms with E-state index in [1.54, 1.807) is 0 Å². The van der Waals surface area contributed by atoms with Crippen molar-refractivity contribution in [3.8, 4) is 0 Å². The Hall–Kier alpha value is -0.940. The van der Waals surface area contributed by atoms with Gasteiger partial charge in [0.15, 0.2) is 5.79 Å². The van der Waals surface area contributed by atoms with Crippen LogP contribution in [0.3, 0.4) is 0 Å². The van der Waals surface area contributed by atoms with Gasteiger partial charge in [-0.15, -0.1) is 0 Å². The van der Waals surface area contributed by atoms with Crippen molar-refractivity contribution in [2.45, 2.75) is 71.5 Å². The molecule has 0 N–H and O–H groups in total. The maximum Gasteiger partial charge on any atom is 0.309 e. The molecule has 3 saturated carbocycles. The van der Waals surface area contributed by atoms with Crippen LogP contribution in [0.2, 0.25) is 0 Å². The summed E-state index contributed by atoms with van der Waals surface area (Å²) < 4.78 is 17.5. The van der Waals surface area contributed by atoms with E-state index in [-0.39, 0.29) is 40.5 Å². The number of rotatable bonds is 3. The SMILES string of the molecule is COC(=O)[C@H]1C[C@@H](C)CC[C@]1(C)[C@H]1CC[C@@]2(C)C(CCC23OCCO3)[C@@H]1C=O. The number of carbonyl (C=O) groups is 2. The van der Waals surface area contributed by atoms with Gasteiger partial charge in [-0.3, -0.25) is 4.79 Å². The maximum atomic E-state index is 12.7. The van der Waals surface area contributed by atoms with Crippen LogP contribution in [0.1, 0.15) is 65.7 Å². The monoisotopic (exact) mass is 392 g/mol. The molecule has 5 heteroatoms. The number of carbonyl (C=O) groups excluding carboxylic acids is 2. The highest BCUT2D eigenvalue weighted by Crippen LogP contribution is 2.66. The summed E-state index contributed by atoms with van der Waals surface area (Å²) in [5.74, 6) is 0.234. The van der Waals surface area contributed by atoms with E-state index in [2.05, 4.69) is 20.8 Å². The van der Waals surface area contributed by atoms with Gasteiger partial charge in [-0.25, -0.2) is 0 Å². The molecule has 4 aliphatic rings. The smallest absolute Gasteiger partial charge is 0.309 e. The Balaban J connectivity index is 1.66. The molecule has 0 bridgehead atoms. The average Bonchev–Trinajstić information content (AvgIpc) is 3.29. The lowest BCUT2D eigenvalue weighted by Gasteiger charge is -2.56. The first-order valence-corrected chi connectivity index (χ1v) is 11.1. The first-order valence-electron chi connectivity index (χ1n) is 11.1. The summed E-state index contributed by atoms with van der Waals surface area (Å²) >= 11 is 0. The number of ether oxygens (including phenoxy) is 3. The van der Waals surface area contributed by atoms with Crippen molar-refractivity contribution in [2.75, 3.05) is 20.3 Å². The Kier molecular flexibility index (Phi) is 5.15. The highest BCUT2D eigenvalue weighted by atomic mass is 16.7. The predicted octanol–water partition coefficient (Wildman–Crippen LogP) is 3.99. The van der Waals surface area contributed by atoms with E-state index in [1.807, 2.05) is 0 Å². The van der Waals surface area contributed by atoms with Crippen molar-refractivity contribution in [3.63, 3.8) is 0 Å². The minimum atomic E-state index is -0.506. The highest BCUT2D eigenvalue weighted by molar-refractivity contribution is 5.73. The molecule has 7 atom stereocenters. The average molecular weight is 393 g/mol. The second-order valence-electron chi connectivity index (χ2n) is 10.3. The van der Waals surface area contributed by atoms with E-state index in [1.165, 1.54) is 13.4 Å². The van der Waals surface area contributed by atoms with Gasteiger partial charge in [0.2, 0.25) is 0 Å². The van der Waals surface area contributed by atoms with Crippen LogP contribution in [0.25, 0.3) is 0 Å². The quantitative estimate of drug-likeness (QED) is 0.537. The molecule has 4 rings (SSSR count). The molecule has 0 aromatic heterocycles. The van der Waals surface area contributed by atoms with Crippen LogP contribution in [-0.2, 0) is 23.8 Å². The second-order valence-corrected chi connectivity index (χ2v) is 10.3. The molecule has 0 aromatic carbocycles. The van der Waals surface area contributed by atoms with Gasteiger partial charge in [0.25, 0.3) is 0 Å². The summed E-state index contributed by atoms with van der Waals surface area (Å²) in [6, 6.07) is 0. The molecule has 3 aliphatic carbocycles. The lowest BCUT2D eigenvalue weighted by atomic mass is 9.49. The van der Waals surface area contributed by atoms with Gasteiger partial charge in [0.1, 0.15) is 6.29 Å². The molecule has 28 heavy (non-hydrogen) atoms. The van der Waals surface area contributed by atoms with Crippen LogP contribution in [-0.4, -0.2) is 38.4 Å². The number of fused-ring (bicyclic) bond motifs is 2. The van der Waals surface area contributed by atoms with E-state index in [9.17, 15) is 9.59 Å². The van der Waals surface area contributed by atoms with Crippen LogP contribution >= 0.6 is 0 Å². The van der Waals surface area contributed by atoms with Crippen LogP contribution in [0, 0.1) is 40.4 Å². The van der Waals surface area contributed by atoms with E-state index >= 15 is 0 Å². The number of hydrogen-bond acceptors (Lipinski definition) is 5. The van der Waals surface area contributed by atoms with Crippen molar-refractivity contribution in [3.05, 3.63) is 0 Å². The summed E-state index contributed by atoms with van der Waals surface area (Å²) in [5.41, 5.74) is -0.301. The first-order chi connectivity index (χ1) is 13.3. The van der Waals surface area contributed by atoms with Crippen molar-refractivity contribution >= 4 is 12.3 Å². The third kappa shape index (κ3) is 2.72. The lowest BCUT2D eigenvalue weighted by Crippen LogP contribution is -2.56. The fraction of sp³-hybridized carbons (Fsp3) is 0.913. The van der Waals surface area contributed by atoms with Crippen LogP contribution in [0.5, 0.6) is 0 Å². The van der Waals surface area contributed by atoms with Gasteiger partial charge >= 0.3 is 5.97 Å². The van der Waals surface area contributed by atoms with Crippen molar-refractivity contribution in [1.29, 1.82) is 0 Å². The molecular weight excluding hydrogens is 356 g/mol. The molecule has 1 aliphatic heterocycles. The molecule has 1 unspecified atom stereocenters. The van der Waals surface area contributed by atoms with Crippen LogP contribution in [0.15, 0.2) is 0 Å². The van der Waals surface area contributed by atoms with Gasteiger partial charge < -0.3 is 19.0 Å². The van der Waals surface area contributed by atoms with Gasteiger partial charge in [0.05, 0.1) is 26.2 Å².